The number of benzene rings is 1. The lowest BCUT2D eigenvalue weighted by Gasteiger charge is -2.22. The molecule has 5 heteroatoms. The Hall–Kier alpha value is -2.40. The van der Waals surface area contributed by atoms with Crippen molar-refractivity contribution in [1.29, 1.82) is 0 Å². The van der Waals surface area contributed by atoms with Gasteiger partial charge < -0.3 is 9.47 Å². The summed E-state index contributed by atoms with van der Waals surface area (Å²) in [5.74, 6) is -0.149. The highest BCUT2D eigenvalue weighted by Gasteiger charge is 2.34. The normalized spacial score (nSPS) is 14.0. The van der Waals surface area contributed by atoms with Gasteiger partial charge in [0.15, 0.2) is 0 Å². The molecule has 1 amide bonds. The summed E-state index contributed by atoms with van der Waals surface area (Å²) in [4.78, 5) is 29.4. The van der Waals surface area contributed by atoms with E-state index in [0.29, 0.717) is 11.9 Å². The van der Waals surface area contributed by atoms with E-state index >= 15 is 0 Å². The number of aromatic nitrogens is 1. The van der Waals surface area contributed by atoms with Crippen LogP contribution in [0.5, 0.6) is 0 Å². The Morgan fingerprint density at radius 1 is 1.27 bits per heavy atom. The Morgan fingerprint density at radius 2 is 2.04 bits per heavy atom. The van der Waals surface area contributed by atoms with Crippen LogP contribution in [0.15, 0.2) is 40.6 Å². The molecule has 1 saturated carbocycles. The Labute approximate surface area is 156 Å². The van der Waals surface area contributed by atoms with Gasteiger partial charge in [0.2, 0.25) is 5.43 Å². The summed E-state index contributed by atoms with van der Waals surface area (Å²) in [6.07, 6.45) is 3.73. The van der Waals surface area contributed by atoms with Crippen LogP contribution in [0.2, 0.25) is 0 Å². The highest BCUT2D eigenvalue weighted by Crippen LogP contribution is 2.31. The van der Waals surface area contributed by atoms with Crippen LogP contribution >= 0.6 is 11.3 Å². The van der Waals surface area contributed by atoms with Crippen LogP contribution in [0.1, 0.15) is 39.2 Å². The van der Waals surface area contributed by atoms with Crippen molar-refractivity contribution in [2.45, 2.75) is 39.3 Å². The van der Waals surface area contributed by atoms with Gasteiger partial charge in [-0.1, -0.05) is 11.6 Å². The third-order valence-corrected chi connectivity index (χ3v) is 6.11. The third kappa shape index (κ3) is 2.97. The zero-order chi connectivity index (χ0) is 18.4. The molecule has 1 aliphatic carbocycles. The highest BCUT2D eigenvalue weighted by molar-refractivity contribution is 7.10. The average molecular weight is 366 g/mol. The zero-order valence-corrected chi connectivity index (χ0v) is 16.1. The summed E-state index contributed by atoms with van der Waals surface area (Å²) in [6.45, 7) is 4.62. The van der Waals surface area contributed by atoms with Crippen LogP contribution in [0.25, 0.3) is 10.9 Å². The summed E-state index contributed by atoms with van der Waals surface area (Å²) in [5.41, 5.74) is 3.18. The molecule has 1 aliphatic rings. The first-order chi connectivity index (χ1) is 12.5. The SMILES string of the molecule is Cc1ccc2c(c1)c(=O)c(C(=O)N(Cc1sccc1C)C1CC1)cn2C. The fourth-order valence-corrected chi connectivity index (χ4v) is 4.29. The molecule has 2 aromatic heterocycles. The minimum Gasteiger partial charge on any atom is -0.350 e. The fourth-order valence-electron chi connectivity index (χ4n) is 3.39. The molecule has 0 radical (unpaired) electrons. The van der Waals surface area contributed by atoms with Crippen molar-refractivity contribution < 1.29 is 4.79 Å². The number of rotatable bonds is 4. The second kappa shape index (κ2) is 6.40. The van der Waals surface area contributed by atoms with Crippen LogP contribution in [-0.2, 0) is 13.6 Å². The lowest BCUT2D eigenvalue weighted by Crippen LogP contribution is -2.36. The van der Waals surface area contributed by atoms with E-state index in [0.717, 1.165) is 23.9 Å². The lowest BCUT2D eigenvalue weighted by atomic mass is 10.1. The van der Waals surface area contributed by atoms with Crippen LogP contribution < -0.4 is 5.43 Å². The number of carbonyl (C=O) groups excluding carboxylic acids is 1. The molecule has 0 bridgehead atoms. The molecule has 4 nitrogen and oxygen atoms in total. The van der Waals surface area contributed by atoms with E-state index in [9.17, 15) is 9.59 Å². The number of hydrogen-bond acceptors (Lipinski definition) is 3. The second-order valence-electron chi connectivity index (χ2n) is 7.19. The molecule has 0 spiro atoms. The predicted octanol–water partition coefficient (Wildman–Crippen LogP) is 4.02. The minimum atomic E-state index is -0.166. The maximum Gasteiger partial charge on any atom is 0.259 e. The van der Waals surface area contributed by atoms with Gasteiger partial charge >= 0.3 is 0 Å². The van der Waals surface area contributed by atoms with E-state index in [4.69, 9.17) is 0 Å². The maximum atomic E-state index is 13.3. The van der Waals surface area contributed by atoms with Gasteiger partial charge in [-0.05, 0) is 55.8 Å². The van der Waals surface area contributed by atoms with Crippen LogP contribution in [0.3, 0.4) is 0 Å². The summed E-state index contributed by atoms with van der Waals surface area (Å²) >= 11 is 1.67. The van der Waals surface area contributed by atoms with Gasteiger partial charge in [0, 0.05) is 29.5 Å². The fraction of sp³-hybridized carbons (Fsp3) is 0.333. The number of carbonyl (C=O) groups is 1. The van der Waals surface area contributed by atoms with Crippen LogP contribution in [0, 0.1) is 13.8 Å². The number of thiophene rings is 1. The summed E-state index contributed by atoms with van der Waals surface area (Å²) in [5, 5.41) is 2.67. The predicted molar refractivity (Wildman–Crippen MR) is 106 cm³/mol. The monoisotopic (exact) mass is 366 g/mol. The van der Waals surface area contributed by atoms with Crippen LogP contribution in [-0.4, -0.2) is 21.4 Å². The van der Waals surface area contributed by atoms with Crippen molar-refractivity contribution in [3.8, 4) is 0 Å². The van der Waals surface area contributed by atoms with Gasteiger partial charge in [-0.2, -0.15) is 0 Å². The largest absolute Gasteiger partial charge is 0.350 e. The molecule has 1 fully saturated rings. The van der Waals surface area contributed by atoms with Crippen molar-refractivity contribution >= 4 is 28.1 Å². The lowest BCUT2D eigenvalue weighted by molar-refractivity contribution is 0.0729. The molecule has 2 heterocycles. The minimum absolute atomic E-state index is 0.149. The Kier molecular flexibility index (Phi) is 4.19. The van der Waals surface area contributed by atoms with Crippen molar-refractivity contribution in [3.63, 3.8) is 0 Å². The van der Waals surface area contributed by atoms with E-state index in [2.05, 4.69) is 18.4 Å². The van der Waals surface area contributed by atoms with E-state index in [1.165, 1.54) is 10.4 Å². The Balaban J connectivity index is 1.78. The maximum absolute atomic E-state index is 13.3. The van der Waals surface area contributed by atoms with E-state index < -0.39 is 0 Å². The highest BCUT2D eigenvalue weighted by atomic mass is 32.1. The Morgan fingerprint density at radius 3 is 2.69 bits per heavy atom. The summed E-state index contributed by atoms with van der Waals surface area (Å²) in [7, 11) is 1.89. The zero-order valence-electron chi connectivity index (χ0n) is 15.3. The first-order valence-corrected chi connectivity index (χ1v) is 9.77. The third-order valence-electron chi connectivity index (χ3n) is 5.11. The number of hydrogen-bond donors (Lipinski definition) is 0. The van der Waals surface area contributed by atoms with Crippen molar-refractivity contribution in [2.75, 3.05) is 0 Å². The quantitative estimate of drug-likeness (QED) is 0.700. The van der Waals surface area contributed by atoms with E-state index in [1.54, 1.807) is 17.5 Å². The van der Waals surface area contributed by atoms with Crippen molar-refractivity contribution in [1.82, 2.24) is 9.47 Å². The smallest absolute Gasteiger partial charge is 0.259 e. The van der Waals surface area contributed by atoms with Gasteiger partial charge in [-0.25, -0.2) is 0 Å². The number of nitrogens with zero attached hydrogens (tertiary/aromatic N) is 2. The number of pyridine rings is 1. The second-order valence-corrected chi connectivity index (χ2v) is 8.20. The molecule has 0 aliphatic heterocycles. The van der Waals surface area contributed by atoms with E-state index in [-0.39, 0.29) is 22.9 Å². The molecular formula is C21H22N2O2S. The van der Waals surface area contributed by atoms with Gasteiger partial charge in [-0.15, -0.1) is 11.3 Å². The molecule has 134 valence electrons. The van der Waals surface area contributed by atoms with Gasteiger partial charge in [0.1, 0.15) is 5.56 Å². The van der Waals surface area contributed by atoms with Gasteiger partial charge in [0.25, 0.3) is 5.91 Å². The summed E-state index contributed by atoms with van der Waals surface area (Å²) in [6, 6.07) is 8.13. The van der Waals surface area contributed by atoms with Gasteiger partial charge in [0.05, 0.1) is 12.1 Å². The number of amides is 1. The molecular weight excluding hydrogens is 344 g/mol. The first kappa shape index (κ1) is 17.0. The summed E-state index contributed by atoms with van der Waals surface area (Å²) < 4.78 is 1.88. The first-order valence-electron chi connectivity index (χ1n) is 8.89. The van der Waals surface area contributed by atoms with E-state index in [1.807, 2.05) is 41.6 Å². The average Bonchev–Trinajstić information content (AvgIpc) is 3.38. The molecule has 0 atom stereocenters. The molecule has 1 aromatic carbocycles. The molecule has 0 N–H and O–H groups in total. The molecule has 3 aromatic rings. The Bertz CT molecular complexity index is 1060. The molecule has 26 heavy (non-hydrogen) atoms. The van der Waals surface area contributed by atoms with Crippen molar-refractivity contribution in [3.05, 3.63) is 67.6 Å². The number of aryl methyl sites for hydroxylation is 3. The van der Waals surface area contributed by atoms with Crippen molar-refractivity contribution in [2.24, 2.45) is 7.05 Å². The molecule has 4 rings (SSSR count). The molecule has 0 unspecified atom stereocenters. The molecule has 0 saturated heterocycles. The number of fused-ring (bicyclic) bond motifs is 1. The van der Waals surface area contributed by atoms with Gasteiger partial charge in [-0.3, -0.25) is 9.59 Å². The topological polar surface area (TPSA) is 42.3 Å². The standard InChI is InChI=1S/C21H22N2O2S/c1-13-4-7-18-16(10-13)20(24)17(11-22(18)3)21(25)23(15-5-6-15)12-19-14(2)8-9-26-19/h4,7-11,15H,5-6,12H2,1-3H3. The van der Waals surface area contributed by atoms with Crippen LogP contribution in [0.4, 0.5) is 0 Å².